The molecule has 2 aliphatic heterocycles. The molecule has 10 heteroatoms. The molecule has 6 atom stereocenters. The molecule has 1 aromatic rings. The van der Waals surface area contributed by atoms with Crippen LogP contribution in [0.3, 0.4) is 0 Å². The number of rotatable bonds is 6. The van der Waals surface area contributed by atoms with Crippen LogP contribution in [-0.4, -0.2) is 63.4 Å². The van der Waals surface area contributed by atoms with Crippen LogP contribution in [0.1, 0.15) is 65.5 Å². The van der Waals surface area contributed by atoms with Gasteiger partial charge in [0.1, 0.15) is 6.10 Å². The fraction of sp³-hybridized carbons (Fsp3) is 0.741. The van der Waals surface area contributed by atoms with E-state index >= 15 is 0 Å². The minimum atomic E-state index is -4.01. The molecule has 0 N–H and O–H groups in total. The van der Waals surface area contributed by atoms with Gasteiger partial charge in [0.2, 0.25) is 10.0 Å². The van der Waals surface area contributed by atoms with Crippen LogP contribution in [0, 0.1) is 12.8 Å². The van der Waals surface area contributed by atoms with Gasteiger partial charge in [-0.3, -0.25) is 0 Å². The number of benzene rings is 1. The summed E-state index contributed by atoms with van der Waals surface area (Å²) in [6, 6.07) is 6.59. The van der Waals surface area contributed by atoms with Gasteiger partial charge in [0.25, 0.3) is 0 Å². The molecule has 2 heterocycles. The largest absolute Gasteiger partial charge is 0.443 e. The van der Waals surface area contributed by atoms with Gasteiger partial charge >= 0.3 is 6.09 Å². The monoisotopic (exact) mass is 553 g/mol. The molecule has 0 bridgehead atoms. The predicted molar refractivity (Wildman–Crippen MR) is 144 cm³/mol. The highest BCUT2D eigenvalue weighted by Gasteiger charge is 2.59. The van der Waals surface area contributed by atoms with E-state index in [0.717, 1.165) is 9.87 Å². The number of carbonyl (C=O) groups excluding carboxylic acids is 1. The highest BCUT2D eigenvalue weighted by atomic mass is 32.2. The molecule has 208 valence electrons. The standard InChI is InChI=1S/C27H43NO7SSi/c1-17-10-12-19(13-11-17)16-36(30,31)28-23(18(2)32-25(28)29)21-14-20(35-37(8,9)26(3,4)5)15-22-24(21)34-27(6,7)33-22/h10-13,18,20-24H,14-16H2,1-9H3/t18-,20-,21?,22-,23+,24-/m1/s1. The van der Waals surface area contributed by atoms with Crippen LogP contribution in [0.5, 0.6) is 0 Å². The fourth-order valence-electron chi connectivity index (χ4n) is 5.60. The molecule has 2 saturated heterocycles. The van der Waals surface area contributed by atoms with Crippen molar-refractivity contribution in [3.8, 4) is 0 Å². The molecule has 0 aromatic heterocycles. The minimum Gasteiger partial charge on any atom is -0.443 e. The molecule has 0 radical (unpaired) electrons. The average Bonchev–Trinajstić information content (AvgIpc) is 3.21. The average molecular weight is 554 g/mol. The molecule has 1 saturated carbocycles. The van der Waals surface area contributed by atoms with Gasteiger partial charge in [-0.2, -0.15) is 4.31 Å². The van der Waals surface area contributed by atoms with E-state index < -0.39 is 42.4 Å². The molecule has 3 fully saturated rings. The molecule has 37 heavy (non-hydrogen) atoms. The van der Waals surface area contributed by atoms with Gasteiger partial charge in [-0.25, -0.2) is 13.2 Å². The normalized spacial score (nSPS) is 32.4. The molecular weight excluding hydrogens is 510 g/mol. The molecule has 1 amide bonds. The molecule has 1 aliphatic carbocycles. The minimum absolute atomic E-state index is 0.0226. The maximum Gasteiger partial charge on any atom is 0.424 e. The zero-order valence-corrected chi connectivity index (χ0v) is 25.4. The molecule has 3 aliphatic rings. The molecule has 1 aromatic carbocycles. The Morgan fingerprint density at radius 1 is 1.11 bits per heavy atom. The van der Waals surface area contributed by atoms with Crippen LogP contribution in [-0.2, 0) is 34.4 Å². The highest BCUT2D eigenvalue weighted by Crippen LogP contribution is 2.47. The number of aryl methyl sites for hydroxylation is 1. The van der Waals surface area contributed by atoms with Gasteiger partial charge in [0.15, 0.2) is 14.1 Å². The molecule has 4 rings (SSSR count). The lowest BCUT2D eigenvalue weighted by Gasteiger charge is -2.45. The summed E-state index contributed by atoms with van der Waals surface area (Å²) in [5.74, 6) is -1.42. The zero-order valence-electron chi connectivity index (χ0n) is 23.6. The number of sulfonamides is 1. The van der Waals surface area contributed by atoms with E-state index in [2.05, 4.69) is 33.9 Å². The highest BCUT2D eigenvalue weighted by molar-refractivity contribution is 7.88. The third-order valence-electron chi connectivity index (χ3n) is 8.37. The van der Waals surface area contributed by atoms with Crippen molar-refractivity contribution in [2.24, 2.45) is 5.92 Å². The van der Waals surface area contributed by atoms with Crippen LogP contribution >= 0.6 is 0 Å². The first-order chi connectivity index (χ1) is 16.9. The van der Waals surface area contributed by atoms with E-state index in [9.17, 15) is 13.2 Å². The Morgan fingerprint density at radius 3 is 2.32 bits per heavy atom. The number of amides is 1. The Kier molecular flexibility index (Phi) is 7.42. The van der Waals surface area contributed by atoms with Crippen LogP contribution in [0.15, 0.2) is 24.3 Å². The van der Waals surface area contributed by atoms with Crippen LogP contribution in [0.2, 0.25) is 18.1 Å². The maximum atomic E-state index is 13.7. The quantitative estimate of drug-likeness (QED) is 0.438. The van der Waals surface area contributed by atoms with Crippen LogP contribution in [0.25, 0.3) is 0 Å². The first-order valence-electron chi connectivity index (χ1n) is 13.2. The van der Waals surface area contributed by atoms with Crippen molar-refractivity contribution in [2.75, 3.05) is 0 Å². The maximum absolute atomic E-state index is 13.7. The van der Waals surface area contributed by atoms with Crippen molar-refractivity contribution in [3.05, 3.63) is 35.4 Å². The van der Waals surface area contributed by atoms with Gasteiger partial charge < -0.3 is 18.6 Å². The van der Waals surface area contributed by atoms with Gasteiger partial charge in [-0.05, 0) is 57.8 Å². The lowest BCUT2D eigenvalue weighted by molar-refractivity contribution is -0.150. The second kappa shape index (κ2) is 9.62. The fourth-order valence-corrected chi connectivity index (χ4v) is 8.70. The third-order valence-corrected chi connectivity index (χ3v) is 14.6. The molecule has 0 spiro atoms. The summed E-state index contributed by atoms with van der Waals surface area (Å²) in [4.78, 5) is 13.0. The van der Waals surface area contributed by atoms with Gasteiger partial charge in [0.05, 0.1) is 24.0 Å². The first-order valence-corrected chi connectivity index (χ1v) is 17.7. The number of hydrogen-bond acceptors (Lipinski definition) is 7. The summed E-state index contributed by atoms with van der Waals surface area (Å²) < 4.78 is 53.3. The van der Waals surface area contributed by atoms with Crippen molar-refractivity contribution in [1.29, 1.82) is 0 Å². The SMILES string of the molecule is Cc1ccc(CS(=O)(=O)N2C(=O)O[C@H](C)[C@H]2C2C[C@@H](O[Si](C)(C)C(C)(C)C)C[C@H]3OC(C)(C)O[C@H]23)cc1. The van der Waals surface area contributed by atoms with Crippen molar-refractivity contribution in [3.63, 3.8) is 0 Å². The van der Waals surface area contributed by atoms with E-state index in [-0.39, 0.29) is 35.0 Å². The molecular formula is C27H43NO7SSi. The molecule has 1 unspecified atom stereocenters. The second-order valence-corrected chi connectivity index (χ2v) is 19.5. The smallest absolute Gasteiger partial charge is 0.424 e. The number of nitrogens with zero attached hydrogens (tertiary/aromatic N) is 1. The summed E-state index contributed by atoms with van der Waals surface area (Å²) in [5, 5.41) is 0.0226. The van der Waals surface area contributed by atoms with Crippen molar-refractivity contribution < 1.29 is 31.8 Å². The first kappa shape index (κ1) is 28.5. The van der Waals surface area contributed by atoms with Gasteiger partial charge in [-0.1, -0.05) is 50.6 Å². The van der Waals surface area contributed by atoms with E-state index in [0.29, 0.717) is 18.4 Å². The Labute approximate surface area is 223 Å². The number of ether oxygens (including phenoxy) is 3. The summed E-state index contributed by atoms with van der Waals surface area (Å²) in [5.41, 5.74) is 1.66. The van der Waals surface area contributed by atoms with Gasteiger partial charge in [0, 0.05) is 18.4 Å². The Morgan fingerprint density at radius 2 is 1.73 bits per heavy atom. The number of cyclic esters (lactones) is 1. The van der Waals surface area contributed by atoms with Crippen LogP contribution < -0.4 is 0 Å². The van der Waals surface area contributed by atoms with Crippen molar-refractivity contribution >= 4 is 24.4 Å². The number of carbonyl (C=O) groups is 1. The van der Waals surface area contributed by atoms with Crippen LogP contribution in [0.4, 0.5) is 4.79 Å². The van der Waals surface area contributed by atoms with Crippen molar-refractivity contribution in [1.82, 2.24) is 4.31 Å². The lowest BCUT2D eigenvalue weighted by atomic mass is 9.77. The zero-order chi connectivity index (χ0) is 27.6. The third kappa shape index (κ3) is 5.78. The Bertz CT molecular complexity index is 1110. The number of hydrogen-bond donors (Lipinski definition) is 0. The van der Waals surface area contributed by atoms with E-state index in [4.69, 9.17) is 18.6 Å². The topological polar surface area (TPSA) is 91.4 Å². The molecule has 8 nitrogen and oxygen atoms in total. The van der Waals surface area contributed by atoms with E-state index in [1.807, 2.05) is 32.9 Å². The summed E-state index contributed by atoms with van der Waals surface area (Å²) in [6.45, 7) is 18.5. The summed E-state index contributed by atoms with van der Waals surface area (Å²) in [7, 11) is -6.12. The summed E-state index contributed by atoms with van der Waals surface area (Å²) in [6.07, 6.45) is -0.967. The van der Waals surface area contributed by atoms with E-state index in [1.54, 1.807) is 19.1 Å². The second-order valence-electron chi connectivity index (χ2n) is 12.9. The predicted octanol–water partition coefficient (Wildman–Crippen LogP) is 5.35. The van der Waals surface area contributed by atoms with Gasteiger partial charge in [-0.15, -0.1) is 0 Å². The number of fused-ring (bicyclic) bond motifs is 1. The Hall–Kier alpha value is -1.46. The van der Waals surface area contributed by atoms with Crippen molar-refractivity contribution in [2.45, 2.75) is 121 Å². The lowest BCUT2D eigenvalue weighted by Crippen LogP contribution is -2.56. The van der Waals surface area contributed by atoms with E-state index in [1.165, 1.54) is 0 Å². The Balaban J connectivity index is 1.67. The summed E-state index contributed by atoms with van der Waals surface area (Å²) >= 11 is 0.